The fourth-order valence-corrected chi connectivity index (χ4v) is 3.35. The van der Waals surface area contributed by atoms with Gasteiger partial charge in [-0.25, -0.2) is 0 Å². The highest BCUT2D eigenvalue weighted by Gasteiger charge is 2.35. The molecule has 0 radical (unpaired) electrons. The van der Waals surface area contributed by atoms with Crippen molar-refractivity contribution in [2.45, 2.75) is 64.3 Å². The Balaban J connectivity index is 0.00000261. The van der Waals surface area contributed by atoms with E-state index in [2.05, 4.69) is 41.3 Å². The zero-order chi connectivity index (χ0) is 18.4. The number of aryl methyl sites for hydroxylation is 1. The summed E-state index contributed by atoms with van der Waals surface area (Å²) in [5.74, 6) is 1.19. The van der Waals surface area contributed by atoms with Crippen molar-refractivity contribution in [2.24, 2.45) is 5.73 Å². The van der Waals surface area contributed by atoms with Crippen LogP contribution in [0.1, 0.15) is 69.4 Å². The van der Waals surface area contributed by atoms with Gasteiger partial charge < -0.3 is 15.2 Å². The molecule has 1 unspecified atom stereocenters. The molecule has 0 bridgehead atoms. The molecule has 3 N–H and O–H groups in total. The maximum Gasteiger partial charge on any atom is 0.249 e. The lowest BCUT2D eigenvalue weighted by molar-refractivity contribution is 0.141. The van der Waals surface area contributed by atoms with Crippen LogP contribution in [-0.4, -0.2) is 27.5 Å². The predicted molar refractivity (Wildman–Crippen MR) is 110 cm³/mol. The normalized spacial score (nSPS) is 15.9. The van der Waals surface area contributed by atoms with Crippen molar-refractivity contribution in [3.8, 4) is 11.4 Å². The van der Waals surface area contributed by atoms with Gasteiger partial charge in [-0.05, 0) is 24.8 Å². The van der Waals surface area contributed by atoms with E-state index < -0.39 is 0 Å². The molecule has 3 rings (SSSR count). The van der Waals surface area contributed by atoms with E-state index in [0.29, 0.717) is 11.7 Å². The summed E-state index contributed by atoms with van der Waals surface area (Å²) in [5.41, 5.74) is 7.87. The molecule has 2 aromatic rings. The van der Waals surface area contributed by atoms with Crippen molar-refractivity contribution >= 4 is 18.4 Å². The van der Waals surface area contributed by atoms with Crippen LogP contribution < -0.4 is 5.73 Å². The first-order valence-electron chi connectivity index (χ1n) is 9.72. The van der Waals surface area contributed by atoms with Crippen molar-refractivity contribution in [1.29, 1.82) is 5.41 Å². The zero-order valence-electron chi connectivity index (χ0n) is 16.0. The minimum Gasteiger partial charge on any atom is -0.370 e. The average molecular weight is 392 g/mol. The van der Waals surface area contributed by atoms with Gasteiger partial charge in [-0.3, -0.25) is 5.41 Å². The molecule has 1 atom stereocenters. The van der Waals surface area contributed by atoms with Gasteiger partial charge in [-0.15, -0.1) is 12.4 Å². The van der Waals surface area contributed by atoms with Gasteiger partial charge in [0.1, 0.15) is 6.04 Å². The molecule has 27 heavy (non-hydrogen) atoms. The lowest BCUT2D eigenvalue weighted by Crippen LogP contribution is -2.48. The zero-order valence-corrected chi connectivity index (χ0v) is 16.8. The second-order valence-electron chi connectivity index (χ2n) is 7.05. The Labute approximate surface area is 167 Å². The first-order chi connectivity index (χ1) is 12.7. The quantitative estimate of drug-likeness (QED) is 0.367. The molecule has 2 heterocycles. The third-order valence-corrected chi connectivity index (χ3v) is 5.09. The number of rotatable bonds is 9. The number of aromatic nitrogens is 2. The Morgan fingerprint density at radius 3 is 2.52 bits per heavy atom. The van der Waals surface area contributed by atoms with Gasteiger partial charge in [0, 0.05) is 12.1 Å². The Kier molecular flexibility index (Phi) is 8.10. The molecule has 1 saturated heterocycles. The number of unbranched alkanes of at least 4 members (excludes halogenated alkanes) is 5. The molecule has 0 spiro atoms. The minimum absolute atomic E-state index is 0. The van der Waals surface area contributed by atoms with Crippen LogP contribution in [0.2, 0.25) is 0 Å². The standard InChI is InChI=1S/C20H29N5O.ClH/c1-2-3-4-5-6-7-8-15-9-11-16(12-10-15)18-23-19(26-24-18)17-13-14-25(17)20(21)22;/h9-12,17H,2-8,13-14H2,1H3,(H3,21,22);1H. The highest BCUT2D eigenvalue weighted by Crippen LogP contribution is 2.32. The summed E-state index contributed by atoms with van der Waals surface area (Å²) in [5, 5.41) is 11.6. The average Bonchev–Trinajstić information content (AvgIpc) is 3.06. The smallest absolute Gasteiger partial charge is 0.249 e. The van der Waals surface area contributed by atoms with E-state index in [0.717, 1.165) is 24.9 Å². The summed E-state index contributed by atoms with van der Waals surface area (Å²) in [6.07, 6.45) is 9.92. The summed E-state index contributed by atoms with van der Waals surface area (Å²) < 4.78 is 5.39. The van der Waals surface area contributed by atoms with Gasteiger partial charge in [-0.2, -0.15) is 4.98 Å². The largest absolute Gasteiger partial charge is 0.370 e. The van der Waals surface area contributed by atoms with Gasteiger partial charge in [0.2, 0.25) is 11.7 Å². The van der Waals surface area contributed by atoms with Crippen LogP contribution in [0, 0.1) is 5.41 Å². The van der Waals surface area contributed by atoms with Crippen molar-refractivity contribution in [3.63, 3.8) is 0 Å². The molecule has 0 saturated carbocycles. The van der Waals surface area contributed by atoms with Crippen LogP contribution in [0.15, 0.2) is 28.8 Å². The van der Waals surface area contributed by atoms with E-state index in [1.807, 2.05) is 0 Å². The van der Waals surface area contributed by atoms with Crippen LogP contribution in [-0.2, 0) is 6.42 Å². The second-order valence-corrected chi connectivity index (χ2v) is 7.05. The molecule has 0 aliphatic carbocycles. The summed E-state index contributed by atoms with van der Waals surface area (Å²) in [7, 11) is 0. The summed E-state index contributed by atoms with van der Waals surface area (Å²) in [6.45, 7) is 3.02. The number of hydrogen-bond acceptors (Lipinski definition) is 4. The lowest BCUT2D eigenvalue weighted by Gasteiger charge is -2.38. The Bertz CT molecular complexity index is 715. The molecular weight excluding hydrogens is 362 g/mol. The van der Waals surface area contributed by atoms with Crippen molar-refractivity contribution < 1.29 is 4.52 Å². The summed E-state index contributed by atoms with van der Waals surface area (Å²) in [6, 6.07) is 8.38. The van der Waals surface area contributed by atoms with E-state index >= 15 is 0 Å². The minimum atomic E-state index is -0.0549. The van der Waals surface area contributed by atoms with Crippen LogP contribution in [0.5, 0.6) is 0 Å². The number of halogens is 1. The second kappa shape index (κ2) is 10.3. The van der Waals surface area contributed by atoms with Crippen molar-refractivity contribution in [2.75, 3.05) is 6.54 Å². The highest BCUT2D eigenvalue weighted by molar-refractivity contribution is 5.85. The number of hydrogen-bond donors (Lipinski definition) is 2. The first kappa shape index (κ1) is 21.2. The lowest BCUT2D eigenvalue weighted by atomic mass is 10.0. The molecule has 1 aliphatic rings. The van der Waals surface area contributed by atoms with E-state index in [4.69, 9.17) is 15.7 Å². The van der Waals surface area contributed by atoms with Gasteiger partial charge >= 0.3 is 0 Å². The monoisotopic (exact) mass is 391 g/mol. The van der Waals surface area contributed by atoms with Crippen LogP contribution >= 0.6 is 12.4 Å². The van der Waals surface area contributed by atoms with Crippen LogP contribution in [0.3, 0.4) is 0 Å². The van der Waals surface area contributed by atoms with E-state index in [1.165, 1.54) is 44.1 Å². The van der Waals surface area contributed by atoms with Gasteiger partial charge in [0.15, 0.2) is 5.96 Å². The first-order valence-corrected chi connectivity index (χ1v) is 9.72. The molecular formula is C20H30ClN5O. The maximum atomic E-state index is 7.54. The van der Waals surface area contributed by atoms with Crippen LogP contribution in [0.4, 0.5) is 0 Å². The number of guanidine groups is 1. The molecule has 0 amide bonds. The van der Waals surface area contributed by atoms with Crippen LogP contribution in [0.25, 0.3) is 11.4 Å². The molecule has 1 aliphatic heterocycles. The SMILES string of the molecule is CCCCCCCCc1ccc(-c2noc(C3CCN3C(=N)N)n2)cc1.Cl. The molecule has 7 heteroatoms. The number of likely N-dealkylation sites (tertiary alicyclic amines) is 1. The molecule has 1 aromatic heterocycles. The maximum absolute atomic E-state index is 7.54. The van der Waals surface area contributed by atoms with E-state index in [9.17, 15) is 0 Å². The number of nitrogens with two attached hydrogens (primary N) is 1. The fraction of sp³-hybridized carbons (Fsp3) is 0.550. The molecule has 6 nitrogen and oxygen atoms in total. The van der Waals surface area contributed by atoms with Gasteiger partial charge in [0.05, 0.1) is 0 Å². The summed E-state index contributed by atoms with van der Waals surface area (Å²) >= 11 is 0. The summed E-state index contributed by atoms with van der Waals surface area (Å²) in [4.78, 5) is 6.26. The molecule has 1 aromatic carbocycles. The number of nitrogens with one attached hydrogen (secondary N) is 1. The third kappa shape index (κ3) is 5.45. The van der Waals surface area contributed by atoms with Crippen molar-refractivity contribution in [3.05, 3.63) is 35.7 Å². The van der Waals surface area contributed by atoms with E-state index in [-0.39, 0.29) is 24.4 Å². The Morgan fingerprint density at radius 1 is 1.19 bits per heavy atom. The number of nitrogens with zero attached hydrogens (tertiary/aromatic N) is 3. The predicted octanol–water partition coefficient (Wildman–Crippen LogP) is 4.70. The van der Waals surface area contributed by atoms with Crippen molar-refractivity contribution in [1.82, 2.24) is 15.0 Å². The topological polar surface area (TPSA) is 92.0 Å². The number of benzene rings is 1. The van der Waals surface area contributed by atoms with Gasteiger partial charge in [-0.1, -0.05) is 68.4 Å². The Morgan fingerprint density at radius 2 is 1.89 bits per heavy atom. The van der Waals surface area contributed by atoms with Gasteiger partial charge in [0.25, 0.3) is 0 Å². The Hall–Kier alpha value is -2.08. The fourth-order valence-electron chi connectivity index (χ4n) is 3.35. The molecule has 1 fully saturated rings. The highest BCUT2D eigenvalue weighted by atomic mass is 35.5. The van der Waals surface area contributed by atoms with E-state index in [1.54, 1.807) is 4.90 Å². The molecule has 148 valence electrons. The third-order valence-electron chi connectivity index (χ3n) is 5.09.